The molecule has 2 aromatic carbocycles. The summed E-state index contributed by atoms with van der Waals surface area (Å²) in [6, 6.07) is 18.3. The standard InChI is InChI=1S/C22H20N2O3S/c1-25-15-10-8-14(9-11-15)22-24-18(13-17(23-24)20-7-4-12-28-20)16-5-3-6-19(26-2)21(16)27-22/h3-12,18,22H,13H2,1-2H3/t18-,22+/m0/s1. The van der Waals surface area contributed by atoms with Crippen molar-refractivity contribution in [3.8, 4) is 17.2 Å². The van der Waals surface area contributed by atoms with Crippen LogP contribution in [-0.2, 0) is 0 Å². The third-order valence-electron chi connectivity index (χ3n) is 5.21. The van der Waals surface area contributed by atoms with Gasteiger partial charge < -0.3 is 14.2 Å². The molecule has 2 aliphatic heterocycles. The number of methoxy groups -OCH3 is 2. The van der Waals surface area contributed by atoms with E-state index in [1.54, 1.807) is 25.6 Å². The second kappa shape index (κ2) is 6.87. The van der Waals surface area contributed by atoms with Crippen LogP contribution < -0.4 is 14.2 Å². The molecule has 0 bridgehead atoms. The normalized spacial score (nSPS) is 20.1. The number of hydrogen-bond donors (Lipinski definition) is 0. The van der Waals surface area contributed by atoms with Gasteiger partial charge in [-0.1, -0.05) is 18.2 Å². The number of para-hydroxylation sites is 1. The zero-order valence-electron chi connectivity index (χ0n) is 15.7. The van der Waals surface area contributed by atoms with Crippen LogP contribution in [0.2, 0.25) is 0 Å². The molecular weight excluding hydrogens is 372 g/mol. The lowest BCUT2D eigenvalue weighted by atomic mass is 9.97. The van der Waals surface area contributed by atoms with Crippen molar-refractivity contribution in [3.05, 3.63) is 76.0 Å². The molecule has 2 aliphatic rings. The minimum atomic E-state index is -0.322. The Labute approximate surface area is 167 Å². The molecule has 0 spiro atoms. The smallest absolute Gasteiger partial charge is 0.214 e. The first-order valence-electron chi connectivity index (χ1n) is 9.15. The molecule has 6 heteroatoms. The summed E-state index contributed by atoms with van der Waals surface area (Å²) in [5.41, 5.74) is 3.23. The van der Waals surface area contributed by atoms with Crippen LogP contribution in [0.25, 0.3) is 0 Å². The fourth-order valence-electron chi connectivity index (χ4n) is 3.82. The number of ether oxygens (including phenoxy) is 3. The van der Waals surface area contributed by atoms with Crippen molar-refractivity contribution >= 4 is 17.0 Å². The number of nitrogens with zero attached hydrogens (tertiary/aromatic N) is 2. The first-order valence-corrected chi connectivity index (χ1v) is 10.0. The fourth-order valence-corrected chi connectivity index (χ4v) is 4.55. The molecule has 0 aliphatic carbocycles. The summed E-state index contributed by atoms with van der Waals surface area (Å²) < 4.78 is 17.3. The molecule has 0 amide bonds. The van der Waals surface area contributed by atoms with E-state index in [0.29, 0.717) is 0 Å². The van der Waals surface area contributed by atoms with E-state index in [-0.39, 0.29) is 12.3 Å². The van der Waals surface area contributed by atoms with Crippen LogP contribution in [-0.4, -0.2) is 24.9 Å². The average molecular weight is 392 g/mol. The maximum Gasteiger partial charge on any atom is 0.214 e. The third kappa shape index (κ3) is 2.72. The number of hydrogen-bond acceptors (Lipinski definition) is 6. The molecule has 1 aromatic heterocycles. The van der Waals surface area contributed by atoms with Crippen LogP contribution in [0.15, 0.2) is 65.1 Å². The van der Waals surface area contributed by atoms with Crippen molar-refractivity contribution < 1.29 is 14.2 Å². The van der Waals surface area contributed by atoms with Crippen molar-refractivity contribution in [1.29, 1.82) is 0 Å². The molecule has 5 rings (SSSR count). The Morgan fingerprint density at radius 3 is 2.61 bits per heavy atom. The van der Waals surface area contributed by atoms with Crippen molar-refractivity contribution in [3.63, 3.8) is 0 Å². The summed E-state index contributed by atoms with van der Waals surface area (Å²) in [5, 5.41) is 9.14. The fraction of sp³-hybridized carbons (Fsp3) is 0.227. The SMILES string of the molecule is COc1ccc([C@H]2Oc3c(OC)cccc3[C@@H]3CC(c4cccs4)=NN23)cc1. The summed E-state index contributed by atoms with van der Waals surface area (Å²) in [5.74, 6) is 2.37. The quantitative estimate of drug-likeness (QED) is 0.626. The summed E-state index contributed by atoms with van der Waals surface area (Å²) >= 11 is 1.72. The molecule has 2 atom stereocenters. The molecule has 5 nitrogen and oxygen atoms in total. The topological polar surface area (TPSA) is 43.3 Å². The van der Waals surface area contributed by atoms with E-state index >= 15 is 0 Å². The zero-order valence-corrected chi connectivity index (χ0v) is 16.5. The first-order chi connectivity index (χ1) is 13.8. The Kier molecular flexibility index (Phi) is 4.20. The van der Waals surface area contributed by atoms with Crippen LogP contribution in [0.5, 0.6) is 17.2 Å². The molecular formula is C22H20N2O3S. The van der Waals surface area contributed by atoms with Gasteiger partial charge in [0.05, 0.1) is 30.9 Å². The van der Waals surface area contributed by atoms with Gasteiger partial charge in [0.2, 0.25) is 6.23 Å². The number of thiophene rings is 1. The highest BCUT2D eigenvalue weighted by Crippen LogP contribution is 2.50. The maximum atomic E-state index is 6.45. The lowest BCUT2D eigenvalue weighted by molar-refractivity contribution is -0.0209. The van der Waals surface area contributed by atoms with E-state index < -0.39 is 0 Å². The van der Waals surface area contributed by atoms with Gasteiger partial charge in [0, 0.05) is 17.5 Å². The van der Waals surface area contributed by atoms with Gasteiger partial charge in [-0.2, -0.15) is 5.10 Å². The lowest BCUT2D eigenvalue weighted by Crippen LogP contribution is -2.33. The van der Waals surface area contributed by atoms with Crippen LogP contribution >= 0.6 is 11.3 Å². The highest BCUT2D eigenvalue weighted by Gasteiger charge is 2.42. The van der Waals surface area contributed by atoms with Crippen LogP contribution in [0, 0.1) is 0 Å². The molecule has 3 aromatic rings. The molecule has 142 valence electrons. The van der Waals surface area contributed by atoms with Crippen molar-refractivity contribution in [2.45, 2.75) is 18.7 Å². The molecule has 0 saturated heterocycles. The Bertz CT molecular complexity index is 1010. The van der Waals surface area contributed by atoms with Crippen LogP contribution in [0.3, 0.4) is 0 Å². The summed E-state index contributed by atoms with van der Waals surface area (Å²) in [4.78, 5) is 1.20. The average Bonchev–Trinajstić information content (AvgIpc) is 3.42. The van der Waals surface area contributed by atoms with E-state index in [2.05, 4.69) is 28.6 Å². The van der Waals surface area contributed by atoms with E-state index in [4.69, 9.17) is 19.3 Å². The summed E-state index contributed by atoms with van der Waals surface area (Å²) in [6.45, 7) is 0. The van der Waals surface area contributed by atoms with Gasteiger partial charge in [-0.15, -0.1) is 11.3 Å². The van der Waals surface area contributed by atoms with Crippen LogP contribution in [0.4, 0.5) is 0 Å². The van der Waals surface area contributed by atoms with Gasteiger partial charge in [-0.3, -0.25) is 0 Å². The van der Waals surface area contributed by atoms with Crippen LogP contribution in [0.1, 0.15) is 34.7 Å². The van der Waals surface area contributed by atoms with Gasteiger partial charge in [-0.25, -0.2) is 5.01 Å². The Hall–Kier alpha value is -2.99. The molecule has 0 fully saturated rings. The molecule has 0 N–H and O–H groups in total. The molecule has 0 unspecified atom stereocenters. The molecule has 3 heterocycles. The maximum absolute atomic E-state index is 6.45. The molecule has 0 radical (unpaired) electrons. The Balaban J connectivity index is 1.61. The first kappa shape index (κ1) is 17.1. The zero-order chi connectivity index (χ0) is 19.1. The predicted octanol–water partition coefficient (Wildman–Crippen LogP) is 5.01. The van der Waals surface area contributed by atoms with E-state index in [0.717, 1.165) is 40.5 Å². The number of rotatable bonds is 4. The monoisotopic (exact) mass is 392 g/mol. The van der Waals surface area contributed by atoms with Crippen molar-refractivity contribution in [2.24, 2.45) is 5.10 Å². The predicted molar refractivity (Wildman–Crippen MR) is 109 cm³/mol. The van der Waals surface area contributed by atoms with Crippen molar-refractivity contribution in [2.75, 3.05) is 14.2 Å². The van der Waals surface area contributed by atoms with Gasteiger partial charge in [-0.05, 0) is 41.8 Å². The van der Waals surface area contributed by atoms with Crippen molar-refractivity contribution in [1.82, 2.24) is 5.01 Å². The minimum absolute atomic E-state index is 0.114. The van der Waals surface area contributed by atoms with Gasteiger partial charge in [0.15, 0.2) is 11.5 Å². The highest BCUT2D eigenvalue weighted by atomic mass is 32.1. The van der Waals surface area contributed by atoms with Gasteiger partial charge in [0.1, 0.15) is 5.75 Å². The van der Waals surface area contributed by atoms with Gasteiger partial charge >= 0.3 is 0 Å². The summed E-state index contributed by atoms with van der Waals surface area (Å²) in [6.07, 6.45) is 0.522. The molecule has 0 saturated carbocycles. The minimum Gasteiger partial charge on any atom is -0.497 e. The Morgan fingerprint density at radius 1 is 1.04 bits per heavy atom. The van der Waals surface area contributed by atoms with E-state index in [1.165, 1.54) is 4.88 Å². The number of hydrazone groups is 1. The number of fused-ring (bicyclic) bond motifs is 3. The lowest BCUT2D eigenvalue weighted by Gasteiger charge is -2.38. The second-order valence-corrected chi connectivity index (χ2v) is 7.69. The van der Waals surface area contributed by atoms with E-state index in [9.17, 15) is 0 Å². The van der Waals surface area contributed by atoms with E-state index in [1.807, 2.05) is 36.4 Å². The summed E-state index contributed by atoms with van der Waals surface area (Å²) in [7, 11) is 3.34. The number of benzene rings is 2. The second-order valence-electron chi connectivity index (χ2n) is 6.75. The highest BCUT2D eigenvalue weighted by molar-refractivity contribution is 7.12. The third-order valence-corrected chi connectivity index (χ3v) is 6.13. The van der Waals surface area contributed by atoms with Gasteiger partial charge in [0.25, 0.3) is 0 Å². The largest absolute Gasteiger partial charge is 0.497 e. The Morgan fingerprint density at radius 2 is 1.89 bits per heavy atom. The molecule has 28 heavy (non-hydrogen) atoms.